The Morgan fingerprint density at radius 1 is 1.55 bits per heavy atom. The van der Waals surface area contributed by atoms with Gasteiger partial charge in [-0.05, 0) is 12.3 Å². The number of nitrogens with two attached hydrogens (primary N) is 1. The Bertz CT molecular complexity index is 487. The summed E-state index contributed by atoms with van der Waals surface area (Å²) in [5, 5.41) is 3.95. The molecular formula is C13H20F2N4O. The van der Waals surface area contributed by atoms with Gasteiger partial charge in [-0.3, -0.25) is 9.48 Å². The first-order valence-corrected chi connectivity index (χ1v) is 6.78. The van der Waals surface area contributed by atoms with Crippen LogP contribution in [-0.4, -0.2) is 39.7 Å². The van der Waals surface area contributed by atoms with Gasteiger partial charge in [0.2, 0.25) is 0 Å². The Balaban J connectivity index is 2.27. The third kappa shape index (κ3) is 2.98. The van der Waals surface area contributed by atoms with Gasteiger partial charge in [0.15, 0.2) is 0 Å². The second-order valence-corrected chi connectivity index (χ2v) is 5.62. The predicted octanol–water partition coefficient (Wildman–Crippen LogP) is 1.65. The number of halogens is 2. The van der Waals surface area contributed by atoms with Crippen molar-refractivity contribution in [2.24, 2.45) is 11.7 Å². The van der Waals surface area contributed by atoms with Crippen molar-refractivity contribution in [3.8, 4) is 0 Å². The summed E-state index contributed by atoms with van der Waals surface area (Å²) >= 11 is 0. The predicted molar refractivity (Wildman–Crippen MR) is 70.5 cm³/mol. The molecule has 0 saturated carbocycles. The smallest absolute Gasteiger partial charge is 0.280 e. The fourth-order valence-corrected chi connectivity index (χ4v) is 2.42. The van der Waals surface area contributed by atoms with Gasteiger partial charge in [-0.15, -0.1) is 0 Å². The highest BCUT2D eigenvalue weighted by Gasteiger charge is 2.30. The van der Waals surface area contributed by atoms with E-state index < -0.39 is 12.3 Å². The van der Waals surface area contributed by atoms with Crippen molar-refractivity contribution in [1.29, 1.82) is 0 Å². The normalized spacial score (nSPS) is 19.4. The summed E-state index contributed by atoms with van der Waals surface area (Å²) in [6.45, 7) is 5.12. The van der Waals surface area contributed by atoms with Crippen LogP contribution in [0.5, 0.6) is 0 Å². The number of amides is 1. The quantitative estimate of drug-likeness (QED) is 0.915. The highest BCUT2D eigenvalue weighted by atomic mass is 19.3. The topological polar surface area (TPSA) is 64.2 Å². The number of likely N-dealkylation sites (tertiary alicyclic amines) is 1. The largest absolute Gasteiger partial charge is 0.337 e. The second kappa shape index (κ2) is 5.87. The third-order valence-electron chi connectivity index (χ3n) is 3.37. The van der Waals surface area contributed by atoms with Crippen molar-refractivity contribution in [3.05, 3.63) is 17.5 Å². The molecule has 0 aromatic carbocycles. The number of hydrogen-bond donors (Lipinski definition) is 1. The molecule has 2 N–H and O–H groups in total. The lowest BCUT2D eigenvalue weighted by molar-refractivity contribution is 0.0775. The van der Waals surface area contributed by atoms with Crippen molar-refractivity contribution in [2.75, 3.05) is 13.1 Å². The Morgan fingerprint density at radius 3 is 2.75 bits per heavy atom. The van der Waals surface area contributed by atoms with Gasteiger partial charge in [-0.1, -0.05) is 13.8 Å². The maximum absolute atomic E-state index is 13.2. The summed E-state index contributed by atoms with van der Waals surface area (Å²) in [7, 11) is 0. The number of nitrogens with zero attached hydrogens (tertiary/aromatic N) is 3. The van der Waals surface area contributed by atoms with E-state index in [9.17, 15) is 13.6 Å². The number of carbonyl (C=O) groups excluding carboxylic acids is 1. The van der Waals surface area contributed by atoms with Crippen LogP contribution in [0.3, 0.4) is 0 Å². The third-order valence-corrected chi connectivity index (χ3v) is 3.37. The first kappa shape index (κ1) is 14.9. The zero-order chi connectivity index (χ0) is 14.9. The number of carbonyl (C=O) groups is 1. The van der Waals surface area contributed by atoms with Crippen LogP contribution in [0.15, 0.2) is 6.20 Å². The van der Waals surface area contributed by atoms with Gasteiger partial charge in [0.1, 0.15) is 5.69 Å². The average Bonchev–Trinajstić information content (AvgIpc) is 2.94. The first-order chi connectivity index (χ1) is 9.40. The minimum atomic E-state index is -2.72. The van der Waals surface area contributed by atoms with Crippen molar-refractivity contribution >= 4 is 5.91 Å². The van der Waals surface area contributed by atoms with Gasteiger partial charge in [0.25, 0.3) is 12.3 Å². The average molecular weight is 286 g/mol. The van der Waals surface area contributed by atoms with Crippen molar-refractivity contribution in [2.45, 2.75) is 39.3 Å². The molecule has 0 spiro atoms. The van der Waals surface area contributed by atoms with Crippen molar-refractivity contribution in [1.82, 2.24) is 14.7 Å². The highest BCUT2D eigenvalue weighted by molar-refractivity contribution is 5.95. The SMILES string of the molecule is CC(C)Cn1ncc(C(=O)N2CC[C@@H](N)C2)c1C(F)F. The summed E-state index contributed by atoms with van der Waals surface area (Å²) in [5.74, 6) is -0.223. The van der Waals surface area contributed by atoms with E-state index in [4.69, 9.17) is 5.73 Å². The molecule has 1 aliphatic rings. The Morgan fingerprint density at radius 2 is 2.25 bits per heavy atom. The van der Waals surface area contributed by atoms with Crippen molar-refractivity contribution in [3.63, 3.8) is 0 Å². The molecule has 0 aliphatic carbocycles. The van der Waals surface area contributed by atoms with Crippen LogP contribution in [0.2, 0.25) is 0 Å². The lowest BCUT2D eigenvalue weighted by atomic mass is 10.2. The monoisotopic (exact) mass is 286 g/mol. The summed E-state index contributed by atoms with van der Waals surface area (Å²) in [6, 6.07) is -0.0698. The number of hydrogen-bond acceptors (Lipinski definition) is 3. The van der Waals surface area contributed by atoms with Gasteiger partial charge in [-0.2, -0.15) is 5.10 Å². The molecule has 112 valence electrons. The molecule has 1 aliphatic heterocycles. The molecule has 1 aromatic heterocycles. The molecule has 1 amide bonds. The van der Waals surface area contributed by atoms with Gasteiger partial charge in [0, 0.05) is 25.7 Å². The first-order valence-electron chi connectivity index (χ1n) is 6.78. The van der Waals surface area contributed by atoms with E-state index in [1.54, 1.807) is 0 Å². The van der Waals surface area contributed by atoms with E-state index in [1.165, 1.54) is 15.8 Å². The second-order valence-electron chi connectivity index (χ2n) is 5.62. The number of aromatic nitrogens is 2. The molecule has 1 saturated heterocycles. The summed E-state index contributed by atoms with van der Waals surface area (Å²) in [5.41, 5.74) is 5.45. The minimum absolute atomic E-state index is 0.00486. The fraction of sp³-hybridized carbons (Fsp3) is 0.692. The van der Waals surface area contributed by atoms with Crippen LogP contribution in [0.25, 0.3) is 0 Å². The molecule has 0 radical (unpaired) electrons. The lowest BCUT2D eigenvalue weighted by Gasteiger charge is -2.16. The Hall–Kier alpha value is -1.50. The molecule has 2 heterocycles. The molecule has 0 bridgehead atoms. The van der Waals surface area contributed by atoms with E-state index in [2.05, 4.69) is 5.10 Å². The van der Waals surface area contributed by atoms with Crippen LogP contribution in [0, 0.1) is 5.92 Å². The van der Waals surface area contributed by atoms with E-state index in [1.807, 2.05) is 13.8 Å². The van der Waals surface area contributed by atoms with Gasteiger partial charge >= 0.3 is 0 Å². The van der Waals surface area contributed by atoms with Gasteiger partial charge in [-0.25, -0.2) is 8.78 Å². The Kier molecular flexibility index (Phi) is 4.37. The fourth-order valence-electron chi connectivity index (χ4n) is 2.42. The van der Waals surface area contributed by atoms with Crippen LogP contribution in [0.1, 0.15) is 42.7 Å². The summed E-state index contributed by atoms with van der Waals surface area (Å²) in [6.07, 6.45) is -0.766. The van der Waals surface area contributed by atoms with E-state index >= 15 is 0 Å². The molecule has 2 rings (SSSR count). The lowest BCUT2D eigenvalue weighted by Crippen LogP contribution is -2.32. The van der Waals surface area contributed by atoms with Crippen LogP contribution in [-0.2, 0) is 6.54 Å². The van der Waals surface area contributed by atoms with Crippen LogP contribution < -0.4 is 5.73 Å². The zero-order valence-corrected chi connectivity index (χ0v) is 11.7. The van der Waals surface area contributed by atoms with Crippen molar-refractivity contribution < 1.29 is 13.6 Å². The van der Waals surface area contributed by atoms with Crippen LogP contribution in [0.4, 0.5) is 8.78 Å². The van der Waals surface area contributed by atoms with E-state index in [-0.39, 0.29) is 23.2 Å². The molecule has 20 heavy (non-hydrogen) atoms. The van der Waals surface area contributed by atoms with Gasteiger partial charge < -0.3 is 10.6 Å². The summed E-state index contributed by atoms with van der Waals surface area (Å²) in [4.78, 5) is 13.8. The van der Waals surface area contributed by atoms with E-state index in [0.29, 0.717) is 26.1 Å². The molecular weight excluding hydrogens is 266 g/mol. The minimum Gasteiger partial charge on any atom is -0.337 e. The zero-order valence-electron chi connectivity index (χ0n) is 11.7. The maximum Gasteiger partial charge on any atom is 0.280 e. The van der Waals surface area contributed by atoms with Crippen LogP contribution >= 0.6 is 0 Å². The molecule has 5 nitrogen and oxygen atoms in total. The number of rotatable bonds is 4. The number of alkyl halides is 2. The summed E-state index contributed by atoms with van der Waals surface area (Å²) < 4.78 is 27.7. The van der Waals surface area contributed by atoms with E-state index in [0.717, 1.165) is 0 Å². The molecule has 7 heteroatoms. The standard InChI is InChI=1S/C13H20F2N4O/c1-8(2)6-19-11(12(14)15)10(5-17-19)13(20)18-4-3-9(16)7-18/h5,8-9,12H,3-4,6-7,16H2,1-2H3/t9-/m1/s1. The highest BCUT2D eigenvalue weighted by Crippen LogP contribution is 2.25. The Labute approximate surface area is 116 Å². The molecule has 1 atom stereocenters. The van der Waals surface area contributed by atoms with Gasteiger partial charge in [0.05, 0.1) is 11.8 Å². The maximum atomic E-state index is 13.2. The molecule has 1 aromatic rings. The molecule has 1 fully saturated rings. The molecule has 0 unspecified atom stereocenters.